The lowest BCUT2D eigenvalue weighted by atomic mass is 10.1. The van der Waals surface area contributed by atoms with Crippen LogP contribution in [-0.2, 0) is 0 Å². The lowest BCUT2D eigenvalue weighted by Crippen LogP contribution is -2.13. The number of nitrogens with one attached hydrogen (secondary N) is 1. The summed E-state index contributed by atoms with van der Waals surface area (Å²) in [7, 11) is 0. The Bertz CT molecular complexity index is 625. The molecule has 1 amide bonds. The molecule has 0 aliphatic carbocycles. The van der Waals surface area contributed by atoms with E-state index in [4.69, 9.17) is 0 Å². The highest BCUT2D eigenvalue weighted by Crippen LogP contribution is 2.24. The molecule has 0 spiro atoms. The first-order valence-corrected chi connectivity index (χ1v) is 5.27. The molecule has 5 nitrogen and oxygen atoms in total. The molecule has 1 aromatic heterocycles. The third-order valence-corrected chi connectivity index (χ3v) is 2.52. The van der Waals surface area contributed by atoms with Crippen molar-refractivity contribution in [3.05, 3.63) is 58.1 Å². The number of hydrogen-bond acceptors (Lipinski definition) is 4. The SMILES string of the molecule is Cc1c(O)cccc1NC(=O)c1ccc(=O)oc1. The number of carbonyl (C=O) groups excluding carboxylic acids is 1. The van der Waals surface area contributed by atoms with Gasteiger partial charge in [-0.25, -0.2) is 4.79 Å². The first kappa shape index (κ1) is 11.9. The molecule has 0 saturated heterocycles. The molecular weight excluding hydrogens is 234 g/mol. The minimum atomic E-state index is -0.514. The fourth-order valence-electron chi connectivity index (χ4n) is 1.44. The summed E-state index contributed by atoms with van der Waals surface area (Å²) >= 11 is 0. The van der Waals surface area contributed by atoms with E-state index in [0.717, 1.165) is 6.26 Å². The van der Waals surface area contributed by atoms with Crippen LogP contribution in [0.25, 0.3) is 0 Å². The molecule has 0 bridgehead atoms. The zero-order valence-corrected chi connectivity index (χ0v) is 9.64. The Labute approximate surface area is 103 Å². The van der Waals surface area contributed by atoms with E-state index in [1.54, 1.807) is 19.1 Å². The molecule has 18 heavy (non-hydrogen) atoms. The fraction of sp³-hybridized carbons (Fsp3) is 0.0769. The number of carbonyl (C=O) groups is 1. The third kappa shape index (κ3) is 2.40. The Hall–Kier alpha value is -2.56. The van der Waals surface area contributed by atoms with Gasteiger partial charge in [0.25, 0.3) is 5.91 Å². The largest absolute Gasteiger partial charge is 0.508 e. The second-order valence-corrected chi connectivity index (χ2v) is 3.75. The summed E-state index contributed by atoms with van der Waals surface area (Å²) < 4.78 is 4.61. The van der Waals surface area contributed by atoms with E-state index in [1.807, 2.05) is 0 Å². The second-order valence-electron chi connectivity index (χ2n) is 3.75. The maximum Gasteiger partial charge on any atom is 0.335 e. The summed E-state index contributed by atoms with van der Waals surface area (Å²) in [5.74, 6) is -0.306. The van der Waals surface area contributed by atoms with Gasteiger partial charge in [0.15, 0.2) is 0 Å². The van der Waals surface area contributed by atoms with Crippen LogP contribution in [0.4, 0.5) is 5.69 Å². The standard InChI is InChI=1S/C13H11NO4/c1-8-10(3-2-4-11(8)15)14-13(17)9-5-6-12(16)18-7-9/h2-7,15H,1H3,(H,14,17). The van der Waals surface area contributed by atoms with Crippen molar-refractivity contribution in [2.24, 2.45) is 0 Å². The summed E-state index contributed by atoms with van der Waals surface area (Å²) in [5, 5.41) is 12.1. The number of phenols is 1. The Morgan fingerprint density at radius 3 is 2.72 bits per heavy atom. The predicted molar refractivity (Wildman–Crippen MR) is 65.8 cm³/mol. The first-order valence-electron chi connectivity index (χ1n) is 5.27. The van der Waals surface area contributed by atoms with Gasteiger partial charge >= 0.3 is 5.63 Å². The van der Waals surface area contributed by atoms with Gasteiger partial charge < -0.3 is 14.8 Å². The number of anilines is 1. The Balaban J connectivity index is 2.24. The van der Waals surface area contributed by atoms with Crippen molar-refractivity contribution in [3.8, 4) is 5.75 Å². The third-order valence-electron chi connectivity index (χ3n) is 2.52. The minimum Gasteiger partial charge on any atom is -0.508 e. The minimum absolute atomic E-state index is 0.104. The van der Waals surface area contributed by atoms with Crippen molar-refractivity contribution in [1.82, 2.24) is 0 Å². The highest BCUT2D eigenvalue weighted by Gasteiger charge is 2.09. The van der Waals surface area contributed by atoms with Crippen molar-refractivity contribution in [3.63, 3.8) is 0 Å². The van der Waals surface area contributed by atoms with Gasteiger partial charge in [-0.3, -0.25) is 4.79 Å². The van der Waals surface area contributed by atoms with Crippen LogP contribution in [0, 0.1) is 6.92 Å². The van der Waals surface area contributed by atoms with Gasteiger partial charge in [0.2, 0.25) is 0 Å². The van der Waals surface area contributed by atoms with E-state index in [-0.39, 0.29) is 11.3 Å². The van der Waals surface area contributed by atoms with Crippen LogP contribution in [0.3, 0.4) is 0 Å². The number of phenolic OH excluding ortho intramolecular Hbond substituents is 1. The van der Waals surface area contributed by atoms with Gasteiger partial charge in [0.1, 0.15) is 12.0 Å². The summed E-state index contributed by atoms with van der Waals surface area (Å²) in [4.78, 5) is 22.6. The maximum absolute atomic E-state index is 11.8. The molecule has 2 rings (SSSR count). The van der Waals surface area contributed by atoms with Crippen molar-refractivity contribution >= 4 is 11.6 Å². The van der Waals surface area contributed by atoms with E-state index in [0.29, 0.717) is 11.3 Å². The molecule has 0 radical (unpaired) electrons. The zero-order chi connectivity index (χ0) is 13.1. The van der Waals surface area contributed by atoms with Crippen molar-refractivity contribution < 1.29 is 14.3 Å². The average Bonchev–Trinajstić information content (AvgIpc) is 2.36. The molecule has 2 aromatic rings. The fourth-order valence-corrected chi connectivity index (χ4v) is 1.44. The first-order chi connectivity index (χ1) is 8.58. The monoisotopic (exact) mass is 245 g/mol. The number of amides is 1. The quantitative estimate of drug-likeness (QED) is 0.846. The molecule has 5 heteroatoms. The molecule has 0 aliphatic heterocycles. The summed E-state index contributed by atoms with van der Waals surface area (Å²) in [6, 6.07) is 7.38. The number of rotatable bonds is 2. The molecule has 1 aromatic carbocycles. The summed E-state index contributed by atoms with van der Waals surface area (Å²) in [6.45, 7) is 1.69. The van der Waals surface area contributed by atoms with E-state index in [2.05, 4.69) is 9.73 Å². The van der Waals surface area contributed by atoms with Crippen LogP contribution in [0.1, 0.15) is 15.9 Å². The number of hydrogen-bond donors (Lipinski definition) is 2. The highest BCUT2D eigenvalue weighted by molar-refractivity contribution is 6.04. The van der Waals surface area contributed by atoms with Gasteiger partial charge in [-0.2, -0.15) is 0 Å². The number of benzene rings is 1. The molecular formula is C13H11NO4. The Morgan fingerprint density at radius 2 is 2.06 bits per heavy atom. The van der Waals surface area contributed by atoms with E-state index in [1.165, 1.54) is 18.2 Å². The Kier molecular flexibility index (Phi) is 3.14. The van der Waals surface area contributed by atoms with Crippen LogP contribution in [0.15, 0.2) is 45.8 Å². The Morgan fingerprint density at radius 1 is 1.28 bits per heavy atom. The maximum atomic E-state index is 11.8. The van der Waals surface area contributed by atoms with Gasteiger partial charge in [-0.15, -0.1) is 0 Å². The van der Waals surface area contributed by atoms with Crippen molar-refractivity contribution in [2.45, 2.75) is 6.92 Å². The molecule has 0 saturated carbocycles. The lowest BCUT2D eigenvalue weighted by Gasteiger charge is -2.08. The zero-order valence-electron chi connectivity index (χ0n) is 9.64. The molecule has 2 N–H and O–H groups in total. The normalized spacial score (nSPS) is 10.1. The van der Waals surface area contributed by atoms with Crippen LogP contribution in [0.2, 0.25) is 0 Å². The van der Waals surface area contributed by atoms with Gasteiger partial charge in [0.05, 0.1) is 5.56 Å². The van der Waals surface area contributed by atoms with Crippen molar-refractivity contribution in [1.29, 1.82) is 0 Å². The van der Waals surface area contributed by atoms with Gasteiger partial charge in [-0.1, -0.05) is 6.07 Å². The molecule has 0 atom stereocenters. The highest BCUT2D eigenvalue weighted by atomic mass is 16.4. The van der Waals surface area contributed by atoms with Crippen LogP contribution < -0.4 is 10.9 Å². The number of aromatic hydroxyl groups is 1. The van der Waals surface area contributed by atoms with Crippen LogP contribution in [-0.4, -0.2) is 11.0 Å². The van der Waals surface area contributed by atoms with Crippen molar-refractivity contribution in [2.75, 3.05) is 5.32 Å². The summed E-state index contributed by atoms with van der Waals surface area (Å²) in [5.41, 5.74) is 0.798. The van der Waals surface area contributed by atoms with Crippen LogP contribution >= 0.6 is 0 Å². The molecule has 92 valence electrons. The van der Waals surface area contributed by atoms with Crippen LogP contribution in [0.5, 0.6) is 5.75 Å². The molecule has 0 fully saturated rings. The summed E-state index contributed by atoms with van der Waals surface area (Å²) in [6.07, 6.45) is 1.09. The molecule has 0 unspecified atom stereocenters. The van der Waals surface area contributed by atoms with E-state index >= 15 is 0 Å². The molecule has 1 heterocycles. The average molecular weight is 245 g/mol. The smallest absolute Gasteiger partial charge is 0.335 e. The second kappa shape index (κ2) is 4.75. The predicted octanol–water partition coefficient (Wildman–Crippen LogP) is 1.91. The van der Waals surface area contributed by atoms with E-state index < -0.39 is 11.5 Å². The lowest BCUT2D eigenvalue weighted by molar-refractivity contribution is 0.102. The topological polar surface area (TPSA) is 79.5 Å². The van der Waals surface area contributed by atoms with Gasteiger partial charge in [0, 0.05) is 17.3 Å². The van der Waals surface area contributed by atoms with Gasteiger partial charge in [-0.05, 0) is 25.1 Å². The van der Waals surface area contributed by atoms with E-state index in [9.17, 15) is 14.7 Å². The molecule has 0 aliphatic rings.